The summed E-state index contributed by atoms with van der Waals surface area (Å²) >= 11 is 0. The smallest absolute Gasteiger partial charge is 0.248 e. The van der Waals surface area contributed by atoms with E-state index in [0.29, 0.717) is 12.1 Å². The van der Waals surface area contributed by atoms with Crippen molar-refractivity contribution in [3.05, 3.63) is 65.2 Å². The van der Waals surface area contributed by atoms with Crippen molar-refractivity contribution in [3.8, 4) is 11.8 Å². The molecule has 1 aliphatic heterocycles. The summed E-state index contributed by atoms with van der Waals surface area (Å²) in [7, 11) is 0. The van der Waals surface area contributed by atoms with Crippen LogP contribution in [0.3, 0.4) is 0 Å². The van der Waals surface area contributed by atoms with Crippen molar-refractivity contribution in [2.24, 2.45) is 0 Å². The van der Waals surface area contributed by atoms with Gasteiger partial charge >= 0.3 is 0 Å². The minimum Gasteiger partial charge on any atom is -0.493 e. The monoisotopic (exact) mass is 304 g/mol. The number of benzene rings is 2. The number of nitrogens with zero attached hydrogens (tertiary/aromatic N) is 1. The van der Waals surface area contributed by atoms with Crippen LogP contribution in [0.1, 0.15) is 16.7 Å². The van der Waals surface area contributed by atoms with Crippen LogP contribution >= 0.6 is 0 Å². The molecule has 0 unspecified atom stereocenters. The number of nitrogens with one attached hydrogen (secondary N) is 1. The van der Waals surface area contributed by atoms with Crippen molar-refractivity contribution >= 4 is 17.7 Å². The highest BCUT2D eigenvalue weighted by molar-refractivity contribution is 6.01. The van der Waals surface area contributed by atoms with Crippen molar-refractivity contribution in [2.45, 2.75) is 12.8 Å². The van der Waals surface area contributed by atoms with Gasteiger partial charge in [-0.2, -0.15) is 5.26 Å². The van der Waals surface area contributed by atoms with Crippen LogP contribution in [0.4, 0.5) is 5.69 Å². The van der Waals surface area contributed by atoms with E-state index in [9.17, 15) is 4.79 Å². The lowest BCUT2D eigenvalue weighted by Gasteiger charge is -2.03. The second-order valence-corrected chi connectivity index (χ2v) is 5.32. The molecule has 3 rings (SSSR count). The van der Waals surface area contributed by atoms with E-state index in [1.165, 1.54) is 11.6 Å². The minimum absolute atomic E-state index is 0.185. The molecule has 1 aliphatic rings. The number of hydrogen-bond donors (Lipinski definition) is 1. The SMILES string of the molecule is N#CCc1ccc(NC(=O)/C=C/c2ccc3c(c2)CCO3)cc1. The third-order valence-corrected chi connectivity index (χ3v) is 3.65. The largest absolute Gasteiger partial charge is 0.493 e. The standard InChI is InChI=1S/C19H16N2O2/c20-11-9-14-1-5-17(6-2-14)21-19(22)8-4-15-3-7-18-16(13-15)10-12-23-18/h1-8,13H,9-10,12H2,(H,21,22)/b8-4+. The van der Waals surface area contributed by atoms with Gasteiger partial charge in [-0.3, -0.25) is 4.79 Å². The van der Waals surface area contributed by atoms with E-state index in [-0.39, 0.29) is 5.91 Å². The number of rotatable bonds is 4. The van der Waals surface area contributed by atoms with E-state index >= 15 is 0 Å². The summed E-state index contributed by atoms with van der Waals surface area (Å²) in [6.45, 7) is 0.727. The van der Waals surface area contributed by atoms with Gasteiger partial charge in [-0.15, -0.1) is 0 Å². The number of carbonyl (C=O) groups is 1. The molecule has 1 N–H and O–H groups in total. The van der Waals surface area contributed by atoms with Gasteiger partial charge < -0.3 is 10.1 Å². The Kier molecular flexibility index (Phi) is 4.39. The summed E-state index contributed by atoms with van der Waals surface area (Å²) in [5, 5.41) is 11.4. The zero-order valence-electron chi connectivity index (χ0n) is 12.6. The zero-order chi connectivity index (χ0) is 16.1. The summed E-state index contributed by atoms with van der Waals surface area (Å²) in [5.41, 5.74) is 3.81. The molecular formula is C19H16N2O2. The Morgan fingerprint density at radius 1 is 1.26 bits per heavy atom. The fourth-order valence-corrected chi connectivity index (χ4v) is 2.46. The number of ether oxygens (including phenoxy) is 1. The second-order valence-electron chi connectivity index (χ2n) is 5.32. The predicted molar refractivity (Wildman–Crippen MR) is 89.1 cm³/mol. The Hall–Kier alpha value is -3.06. The van der Waals surface area contributed by atoms with Crippen molar-refractivity contribution < 1.29 is 9.53 Å². The molecule has 0 bridgehead atoms. The topological polar surface area (TPSA) is 62.1 Å². The lowest BCUT2D eigenvalue weighted by atomic mass is 10.1. The Labute approximate surface area is 135 Å². The van der Waals surface area contributed by atoms with E-state index in [4.69, 9.17) is 10.00 Å². The van der Waals surface area contributed by atoms with Crippen LogP contribution < -0.4 is 10.1 Å². The molecule has 1 amide bonds. The Morgan fingerprint density at radius 3 is 2.87 bits per heavy atom. The predicted octanol–water partition coefficient (Wildman–Crippen LogP) is 3.34. The Morgan fingerprint density at radius 2 is 2.09 bits per heavy atom. The van der Waals surface area contributed by atoms with E-state index in [1.807, 2.05) is 30.3 Å². The summed E-state index contributed by atoms with van der Waals surface area (Å²) in [4.78, 5) is 12.0. The quantitative estimate of drug-likeness (QED) is 0.881. The van der Waals surface area contributed by atoms with Gasteiger partial charge in [-0.1, -0.05) is 18.2 Å². The van der Waals surface area contributed by atoms with Crippen LogP contribution in [-0.2, 0) is 17.6 Å². The Balaban J connectivity index is 1.61. The molecule has 1 heterocycles. The van der Waals surface area contributed by atoms with Crippen molar-refractivity contribution in [2.75, 3.05) is 11.9 Å². The van der Waals surface area contributed by atoms with Gasteiger partial charge in [-0.05, 0) is 47.0 Å². The molecule has 114 valence electrons. The second kappa shape index (κ2) is 6.80. The van der Waals surface area contributed by atoms with Crippen LogP contribution in [0.5, 0.6) is 5.75 Å². The average molecular weight is 304 g/mol. The molecule has 0 spiro atoms. The van der Waals surface area contributed by atoms with Gasteiger partial charge in [0.05, 0.1) is 19.1 Å². The van der Waals surface area contributed by atoms with Crippen LogP contribution in [0.15, 0.2) is 48.5 Å². The molecule has 0 radical (unpaired) electrons. The van der Waals surface area contributed by atoms with Crippen LogP contribution in [0.25, 0.3) is 6.08 Å². The van der Waals surface area contributed by atoms with Gasteiger partial charge in [0, 0.05) is 18.2 Å². The van der Waals surface area contributed by atoms with Gasteiger partial charge in [0.15, 0.2) is 0 Å². The molecule has 0 saturated heterocycles. The molecule has 4 nitrogen and oxygen atoms in total. The van der Waals surface area contributed by atoms with Crippen molar-refractivity contribution in [1.29, 1.82) is 5.26 Å². The Bertz CT molecular complexity index is 786. The number of amides is 1. The molecule has 0 atom stereocenters. The molecule has 23 heavy (non-hydrogen) atoms. The summed E-state index contributed by atoms with van der Waals surface area (Å²) in [6, 6.07) is 15.3. The summed E-state index contributed by atoms with van der Waals surface area (Å²) in [5.74, 6) is 0.749. The molecular weight excluding hydrogens is 288 g/mol. The lowest BCUT2D eigenvalue weighted by Crippen LogP contribution is -2.07. The first kappa shape index (κ1) is 14.9. The lowest BCUT2D eigenvalue weighted by molar-refractivity contribution is -0.111. The van der Waals surface area contributed by atoms with E-state index in [0.717, 1.165) is 29.9 Å². The van der Waals surface area contributed by atoms with E-state index < -0.39 is 0 Å². The first-order valence-electron chi connectivity index (χ1n) is 7.45. The third kappa shape index (κ3) is 3.78. The van der Waals surface area contributed by atoms with Gasteiger partial charge in [0.2, 0.25) is 5.91 Å². The van der Waals surface area contributed by atoms with Crippen molar-refractivity contribution in [3.63, 3.8) is 0 Å². The molecule has 2 aromatic rings. The van der Waals surface area contributed by atoms with Crippen LogP contribution in [0.2, 0.25) is 0 Å². The van der Waals surface area contributed by atoms with E-state index in [1.54, 1.807) is 18.2 Å². The number of carbonyl (C=O) groups excluding carboxylic acids is 1. The average Bonchev–Trinajstić information content (AvgIpc) is 3.03. The van der Waals surface area contributed by atoms with Gasteiger partial charge in [-0.25, -0.2) is 0 Å². The maximum Gasteiger partial charge on any atom is 0.248 e. The van der Waals surface area contributed by atoms with Gasteiger partial charge in [0.25, 0.3) is 0 Å². The summed E-state index contributed by atoms with van der Waals surface area (Å²) in [6.07, 6.45) is 4.59. The molecule has 0 saturated carbocycles. The highest BCUT2D eigenvalue weighted by atomic mass is 16.5. The van der Waals surface area contributed by atoms with Gasteiger partial charge in [0.1, 0.15) is 5.75 Å². The molecule has 4 heteroatoms. The highest BCUT2D eigenvalue weighted by Gasteiger charge is 2.11. The van der Waals surface area contributed by atoms with Crippen LogP contribution in [-0.4, -0.2) is 12.5 Å². The zero-order valence-corrected chi connectivity index (χ0v) is 12.6. The number of anilines is 1. The fraction of sp³-hybridized carbons (Fsp3) is 0.158. The maximum absolute atomic E-state index is 12.0. The molecule has 2 aromatic carbocycles. The van der Waals surface area contributed by atoms with Crippen LogP contribution in [0, 0.1) is 11.3 Å². The number of nitriles is 1. The fourth-order valence-electron chi connectivity index (χ4n) is 2.46. The van der Waals surface area contributed by atoms with Crippen molar-refractivity contribution in [1.82, 2.24) is 0 Å². The first-order chi connectivity index (χ1) is 11.2. The number of fused-ring (bicyclic) bond motifs is 1. The highest BCUT2D eigenvalue weighted by Crippen LogP contribution is 2.26. The number of hydrogen-bond acceptors (Lipinski definition) is 3. The molecule has 0 fully saturated rings. The summed E-state index contributed by atoms with van der Waals surface area (Å²) < 4.78 is 5.46. The third-order valence-electron chi connectivity index (χ3n) is 3.65. The maximum atomic E-state index is 12.0. The minimum atomic E-state index is -0.185. The molecule has 0 aliphatic carbocycles. The van der Waals surface area contributed by atoms with E-state index in [2.05, 4.69) is 11.4 Å². The first-order valence-corrected chi connectivity index (χ1v) is 7.45. The normalized spacial score (nSPS) is 12.5. The molecule has 0 aromatic heterocycles.